The Labute approximate surface area is 127 Å². The summed E-state index contributed by atoms with van der Waals surface area (Å²) in [5, 5.41) is 11.1. The standard InChI is InChI=1S/C14H18N2O6/c1-15-12(17)8-22-10-5-4-9(6-11(10)21-3)14(20)16(2)7-13(18)19/h4-6H,7-8H2,1-3H3,(H,15,17)(H,18,19). The van der Waals surface area contributed by atoms with Crippen molar-refractivity contribution in [1.82, 2.24) is 10.2 Å². The zero-order chi connectivity index (χ0) is 16.7. The van der Waals surface area contributed by atoms with Crippen LogP contribution < -0.4 is 14.8 Å². The van der Waals surface area contributed by atoms with Crippen molar-refractivity contribution in [2.75, 3.05) is 34.4 Å². The summed E-state index contributed by atoms with van der Waals surface area (Å²) < 4.78 is 10.4. The highest BCUT2D eigenvalue weighted by molar-refractivity contribution is 5.96. The molecule has 0 heterocycles. The highest BCUT2D eigenvalue weighted by atomic mass is 16.5. The summed E-state index contributed by atoms with van der Waals surface area (Å²) in [5.41, 5.74) is 0.257. The first kappa shape index (κ1) is 17.3. The first-order valence-corrected chi connectivity index (χ1v) is 6.37. The Morgan fingerprint density at radius 2 is 1.95 bits per heavy atom. The van der Waals surface area contributed by atoms with E-state index in [9.17, 15) is 14.4 Å². The fourth-order valence-corrected chi connectivity index (χ4v) is 1.63. The molecule has 0 spiro atoms. The van der Waals surface area contributed by atoms with E-state index in [4.69, 9.17) is 14.6 Å². The van der Waals surface area contributed by atoms with Crippen molar-refractivity contribution < 1.29 is 29.0 Å². The molecule has 0 aliphatic carbocycles. The van der Waals surface area contributed by atoms with Crippen molar-refractivity contribution >= 4 is 17.8 Å². The third-order valence-electron chi connectivity index (χ3n) is 2.77. The van der Waals surface area contributed by atoms with Gasteiger partial charge < -0.3 is 24.8 Å². The second kappa shape index (κ2) is 7.87. The summed E-state index contributed by atoms with van der Waals surface area (Å²) in [6.07, 6.45) is 0. The van der Waals surface area contributed by atoms with Gasteiger partial charge in [0, 0.05) is 19.7 Å². The maximum atomic E-state index is 12.1. The van der Waals surface area contributed by atoms with Gasteiger partial charge in [-0.1, -0.05) is 0 Å². The fourth-order valence-electron chi connectivity index (χ4n) is 1.63. The number of aliphatic carboxylic acids is 1. The maximum Gasteiger partial charge on any atom is 0.323 e. The number of carbonyl (C=O) groups excluding carboxylic acids is 2. The molecule has 22 heavy (non-hydrogen) atoms. The summed E-state index contributed by atoms with van der Waals surface area (Å²) in [7, 11) is 4.28. The van der Waals surface area contributed by atoms with Gasteiger partial charge in [-0.3, -0.25) is 14.4 Å². The number of nitrogens with zero attached hydrogens (tertiary/aromatic N) is 1. The van der Waals surface area contributed by atoms with Gasteiger partial charge >= 0.3 is 5.97 Å². The fraction of sp³-hybridized carbons (Fsp3) is 0.357. The largest absolute Gasteiger partial charge is 0.493 e. The molecule has 0 aliphatic heterocycles. The Bertz CT molecular complexity index is 572. The Balaban J connectivity index is 2.89. The molecule has 1 aromatic rings. The molecule has 0 aromatic heterocycles. The molecule has 2 N–H and O–H groups in total. The molecular weight excluding hydrogens is 292 g/mol. The monoisotopic (exact) mass is 310 g/mol. The average Bonchev–Trinajstić information content (AvgIpc) is 2.50. The normalized spacial score (nSPS) is 9.77. The smallest absolute Gasteiger partial charge is 0.323 e. The van der Waals surface area contributed by atoms with Crippen molar-refractivity contribution in [2.45, 2.75) is 0 Å². The summed E-state index contributed by atoms with van der Waals surface area (Å²) in [5.74, 6) is -1.28. The minimum atomic E-state index is -1.10. The number of carboxylic acids is 1. The van der Waals surface area contributed by atoms with Crippen molar-refractivity contribution in [3.05, 3.63) is 23.8 Å². The molecule has 0 saturated heterocycles. The van der Waals surface area contributed by atoms with E-state index < -0.39 is 18.4 Å². The zero-order valence-electron chi connectivity index (χ0n) is 12.6. The predicted molar refractivity (Wildman–Crippen MR) is 77.2 cm³/mol. The van der Waals surface area contributed by atoms with E-state index in [0.717, 1.165) is 4.90 Å². The lowest BCUT2D eigenvalue weighted by atomic mass is 10.1. The van der Waals surface area contributed by atoms with Crippen LogP contribution in [0.1, 0.15) is 10.4 Å². The Kier molecular flexibility index (Phi) is 6.18. The number of rotatable bonds is 7. The summed E-state index contributed by atoms with van der Waals surface area (Å²) >= 11 is 0. The molecule has 1 rings (SSSR count). The van der Waals surface area contributed by atoms with Crippen molar-refractivity contribution in [3.8, 4) is 11.5 Å². The molecular formula is C14H18N2O6. The number of carbonyl (C=O) groups is 3. The van der Waals surface area contributed by atoms with Crippen LogP contribution in [-0.4, -0.2) is 62.1 Å². The highest BCUT2D eigenvalue weighted by Crippen LogP contribution is 2.28. The van der Waals surface area contributed by atoms with Crippen LogP contribution in [-0.2, 0) is 9.59 Å². The first-order valence-electron chi connectivity index (χ1n) is 6.37. The molecule has 0 unspecified atom stereocenters. The number of likely N-dealkylation sites (N-methyl/N-ethyl adjacent to an activating group) is 2. The van der Waals surface area contributed by atoms with Crippen LogP contribution in [0.5, 0.6) is 11.5 Å². The SMILES string of the molecule is CNC(=O)COc1ccc(C(=O)N(C)CC(=O)O)cc1OC. The molecule has 0 bridgehead atoms. The van der Waals surface area contributed by atoms with E-state index in [1.165, 1.54) is 39.4 Å². The molecule has 8 nitrogen and oxygen atoms in total. The number of methoxy groups -OCH3 is 1. The zero-order valence-corrected chi connectivity index (χ0v) is 12.6. The van der Waals surface area contributed by atoms with E-state index in [2.05, 4.69) is 5.32 Å². The molecule has 8 heteroatoms. The third kappa shape index (κ3) is 4.65. The second-order valence-electron chi connectivity index (χ2n) is 4.38. The molecule has 0 fully saturated rings. The van der Waals surface area contributed by atoms with Gasteiger partial charge in [-0.2, -0.15) is 0 Å². The number of amides is 2. The van der Waals surface area contributed by atoms with Gasteiger partial charge in [0.15, 0.2) is 18.1 Å². The van der Waals surface area contributed by atoms with Gasteiger partial charge in [0.25, 0.3) is 11.8 Å². The number of hydrogen-bond acceptors (Lipinski definition) is 5. The number of nitrogens with one attached hydrogen (secondary N) is 1. The molecule has 120 valence electrons. The maximum absolute atomic E-state index is 12.1. The van der Waals surface area contributed by atoms with Crippen molar-refractivity contribution in [2.24, 2.45) is 0 Å². The number of carboxylic acid groups (broad SMARTS) is 1. The molecule has 0 aliphatic rings. The van der Waals surface area contributed by atoms with Gasteiger partial charge in [0.05, 0.1) is 7.11 Å². The van der Waals surface area contributed by atoms with E-state index in [-0.39, 0.29) is 23.8 Å². The lowest BCUT2D eigenvalue weighted by Crippen LogP contribution is -2.31. The van der Waals surface area contributed by atoms with Crippen LogP contribution in [0, 0.1) is 0 Å². The van der Waals surface area contributed by atoms with Crippen LogP contribution in [0.25, 0.3) is 0 Å². The quantitative estimate of drug-likeness (QED) is 0.733. The average molecular weight is 310 g/mol. The summed E-state index contributed by atoms with van der Waals surface area (Å²) in [6, 6.07) is 4.39. The van der Waals surface area contributed by atoms with Crippen molar-refractivity contribution in [1.29, 1.82) is 0 Å². The minimum Gasteiger partial charge on any atom is -0.493 e. The molecule has 1 aromatic carbocycles. The van der Waals surface area contributed by atoms with E-state index in [0.29, 0.717) is 5.75 Å². The second-order valence-corrected chi connectivity index (χ2v) is 4.38. The van der Waals surface area contributed by atoms with Gasteiger partial charge in [0.1, 0.15) is 6.54 Å². The number of benzene rings is 1. The summed E-state index contributed by atoms with van der Waals surface area (Å²) in [4.78, 5) is 34.9. The highest BCUT2D eigenvalue weighted by Gasteiger charge is 2.17. The van der Waals surface area contributed by atoms with Crippen LogP contribution in [0.2, 0.25) is 0 Å². The molecule has 2 amide bonds. The number of ether oxygens (including phenoxy) is 2. The van der Waals surface area contributed by atoms with Crippen LogP contribution in [0.15, 0.2) is 18.2 Å². The molecule has 0 atom stereocenters. The van der Waals surface area contributed by atoms with E-state index in [1.54, 1.807) is 0 Å². The van der Waals surface area contributed by atoms with Gasteiger partial charge in [-0.15, -0.1) is 0 Å². The minimum absolute atomic E-state index is 0.181. The summed E-state index contributed by atoms with van der Waals surface area (Å²) in [6.45, 7) is -0.588. The van der Waals surface area contributed by atoms with Gasteiger partial charge in [-0.05, 0) is 18.2 Å². The van der Waals surface area contributed by atoms with E-state index >= 15 is 0 Å². The van der Waals surface area contributed by atoms with Crippen LogP contribution >= 0.6 is 0 Å². The van der Waals surface area contributed by atoms with Crippen LogP contribution in [0.4, 0.5) is 0 Å². The predicted octanol–water partition coefficient (Wildman–Crippen LogP) is -0.0234. The molecule has 0 saturated carbocycles. The topological polar surface area (TPSA) is 105 Å². The van der Waals surface area contributed by atoms with Crippen molar-refractivity contribution in [3.63, 3.8) is 0 Å². The molecule has 0 radical (unpaired) electrons. The lowest BCUT2D eigenvalue weighted by molar-refractivity contribution is -0.137. The Hall–Kier alpha value is -2.77. The lowest BCUT2D eigenvalue weighted by Gasteiger charge is -2.16. The first-order chi connectivity index (χ1) is 10.4. The Morgan fingerprint density at radius 1 is 1.27 bits per heavy atom. The number of hydrogen-bond donors (Lipinski definition) is 2. The van der Waals surface area contributed by atoms with Crippen LogP contribution in [0.3, 0.4) is 0 Å². The third-order valence-corrected chi connectivity index (χ3v) is 2.77. The van der Waals surface area contributed by atoms with E-state index in [1.807, 2.05) is 0 Å². The van der Waals surface area contributed by atoms with Gasteiger partial charge in [0.2, 0.25) is 0 Å². The Morgan fingerprint density at radius 3 is 2.50 bits per heavy atom. The van der Waals surface area contributed by atoms with Gasteiger partial charge in [-0.25, -0.2) is 0 Å².